The number of carboxylic acids is 1. The quantitative estimate of drug-likeness (QED) is 0.925. The molecule has 102 valence electrons. The molecule has 1 heterocycles. The number of halogens is 1. The van der Waals surface area contributed by atoms with E-state index in [0.29, 0.717) is 23.0 Å². The van der Waals surface area contributed by atoms with Crippen LogP contribution in [0.2, 0.25) is 5.02 Å². The maximum Gasteiger partial charge on any atom is 0.373 e. The summed E-state index contributed by atoms with van der Waals surface area (Å²) in [6, 6.07) is 7.17. The molecule has 0 fully saturated rings. The lowest BCUT2D eigenvalue weighted by Gasteiger charge is -1.99. The second kappa shape index (κ2) is 6.95. The Morgan fingerprint density at radius 1 is 1.32 bits per heavy atom. The average Bonchev–Trinajstić information content (AvgIpc) is 2.76. The minimum atomic E-state index is -1.10. The van der Waals surface area contributed by atoms with E-state index in [0.717, 1.165) is 5.56 Å². The highest BCUT2D eigenvalue weighted by Gasteiger charge is 2.17. The van der Waals surface area contributed by atoms with Crippen LogP contribution in [0, 0.1) is 6.92 Å². The smallest absolute Gasteiger partial charge is 0.373 e. The Balaban J connectivity index is 0.000000861. The molecule has 19 heavy (non-hydrogen) atoms. The summed E-state index contributed by atoms with van der Waals surface area (Å²) < 4.78 is 5.04. The predicted molar refractivity (Wildman–Crippen MR) is 73.8 cm³/mol. The minimum Gasteiger partial charge on any atom is -0.475 e. The summed E-state index contributed by atoms with van der Waals surface area (Å²) in [4.78, 5) is 15.0. The molecule has 0 bridgehead atoms. The Labute approximate surface area is 117 Å². The van der Waals surface area contributed by atoms with E-state index in [1.807, 2.05) is 26.0 Å². The molecular weight excluding hydrogens is 266 g/mol. The van der Waals surface area contributed by atoms with Crippen LogP contribution < -0.4 is 0 Å². The van der Waals surface area contributed by atoms with E-state index in [2.05, 4.69) is 4.98 Å². The Kier molecular flexibility index (Phi) is 5.57. The van der Waals surface area contributed by atoms with E-state index in [1.165, 1.54) is 0 Å². The van der Waals surface area contributed by atoms with Crippen molar-refractivity contribution in [2.75, 3.05) is 0 Å². The number of aromatic nitrogens is 1. The van der Waals surface area contributed by atoms with E-state index < -0.39 is 5.97 Å². The number of benzene rings is 1. The van der Waals surface area contributed by atoms with Gasteiger partial charge in [-0.05, 0) is 17.7 Å². The monoisotopic (exact) mass is 281 g/mol. The first-order valence-electron chi connectivity index (χ1n) is 6.00. The highest BCUT2D eigenvalue weighted by Crippen LogP contribution is 2.17. The molecule has 0 saturated heterocycles. The highest BCUT2D eigenvalue weighted by molar-refractivity contribution is 6.30. The lowest BCUT2D eigenvalue weighted by molar-refractivity contribution is 0.0659. The first kappa shape index (κ1) is 15.2. The fourth-order valence-electron chi connectivity index (χ4n) is 1.55. The van der Waals surface area contributed by atoms with Crippen molar-refractivity contribution in [1.82, 2.24) is 4.98 Å². The first-order valence-corrected chi connectivity index (χ1v) is 6.38. The summed E-state index contributed by atoms with van der Waals surface area (Å²) in [5.74, 6) is -0.849. The first-order chi connectivity index (χ1) is 9.06. The zero-order valence-electron chi connectivity index (χ0n) is 11.1. The second-order valence-corrected chi connectivity index (χ2v) is 4.05. The van der Waals surface area contributed by atoms with Gasteiger partial charge in [0.2, 0.25) is 5.76 Å². The van der Waals surface area contributed by atoms with Crippen molar-refractivity contribution in [2.24, 2.45) is 0 Å². The van der Waals surface area contributed by atoms with E-state index in [1.54, 1.807) is 19.1 Å². The maximum atomic E-state index is 10.9. The number of aryl methyl sites for hydroxylation is 1. The molecule has 0 unspecified atom stereocenters. The number of carbonyl (C=O) groups is 1. The zero-order chi connectivity index (χ0) is 14.4. The Bertz CT molecular complexity index is 546. The van der Waals surface area contributed by atoms with Crippen LogP contribution in [0.15, 0.2) is 28.7 Å². The Morgan fingerprint density at radius 2 is 1.89 bits per heavy atom. The van der Waals surface area contributed by atoms with Gasteiger partial charge in [-0.25, -0.2) is 9.78 Å². The van der Waals surface area contributed by atoms with Gasteiger partial charge in [-0.1, -0.05) is 37.6 Å². The number of oxazole rings is 1. The van der Waals surface area contributed by atoms with E-state index in [9.17, 15) is 4.79 Å². The average molecular weight is 282 g/mol. The summed E-state index contributed by atoms with van der Waals surface area (Å²) >= 11 is 5.77. The molecule has 0 aliphatic carbocycles. The zero-order valence-corrected chi connectivity index (χ0v) is 11.9. The summed E-state index contributed by atoms with van der Waals surface area (Å²) in [5.41, 5.74) is 1.36. The maximum absolute atomic E-state index is 10.9. The van der Waals surface area contributed by atoms with E-state index in [4.69, 9.17) is 21.1 Å². The van der Waals surface area contributed by atoms with Crippen molar-refractivity contribution in [3.05, 3.63) is 52.2 Å². The van der Waals surface area contributed by atoms with Crippen molar-refractivity contribution in [3.8, 4) is 0 Å². The Hall–Kier alpha value is -1.81. The van der Waals surface area contributed by atoms with Gasteiger partial charge in [0.15, 0.2) is 5.89 Å². The van der Waals surface area contributed by atoms with Crippen LogP contribution in [0.3, 0.4) is 0 Å². The lowest BCUT2D eigenvalue weighted by Crippen LogP contribution is -2.00. The van der Waals surface area contributed by atoms with Crippen LogP contribution in [0.4, 0.5) is 0 Å². The molecule has 1 N–H and O–H groups in total. The molecule has 0 atom stereocenters. The molecule has 0 radical (unpaired) electrons. The third-order valence-electron chi connectivity index (χ3n) is 2.28. The third kappa shape index (κ3) is 4.10. The van der Waals surface area contributed by atoms with Crippen molar-refractivity contribution in [3.63, 3.8) is 0 Å². The van der Waals surface area contributed by atoms with Crippen LogP contribution in [0.5, 0.6) is 0 Å². The number of carboxylic acid groups (broad SMARTS) is 1. The van der Waals surface area contributed by atoms with Gasteiger partial charge in [0, 0.05) is 18.4 Å². The number of aromatic carboxylic acids is 1. The number of hydrogen-bond donors (Lipinski definition) is 1. The van der Waals surface area contributed by atoms with E-state index in [-0.39, 0.29) is 5.76 Å². The topological polar surface area (TPSA) is 63.3 Å². The molecule has 2 aromatic rings. The summed E-state index contributed by atoms with van der Waals surface area (Å²) in [6.07, 6.45) is 0.413. The van der Waals surface area contributed by atoms with Crippen LogP contribution >= 0.6 is 11.6 Å². The normalized spacial score (nSPS) is 9.68. The van der Waals surface area contributed by atoms with Gasteiger partial charge in [0.05, 0.1) is 5.69 Å². The summed E-state index contributed by atoms with van der Waals surface area (Å²) in [6.45, 7) is 5.62. The van der Waals surface area contributed by atoms with Crippen molar-refractivity contribution >= 4 is 17.6 Å². The molecule has 4 nitrogen and oxygen atoms in total. The van der Waals surface area contributed by atoms with E-state index >= 15 is 0 Å². The number of rotatable bonds is 3. The molecule has 1 aromatic carbocycles. The Morgan fingerprint density at radius 3 is 2.42 bits per heavy atom. The standard InChI is InChI=1S/C12H10ClNO3.C2H6/c1-7-14-10(11(17-7)12(15)16)6-8-2-4-9(13)5-3-8;1-2/h2-5H,6H2,1H3,(H,15,16);1-2H3. The molecule has 1 aromatic heterocycles. The molecule has 0 aliphatic rings. The van der Waals surface area contributed by atoms with Crippen molar-refractivity contribution in [1.29, 1.82) is 0 Å². The summed E-state index contributed by atoms with van der Waals surface area (Å²) in [5, 5.41) is 9.59. The predicted octanol–water partition coefficient (Wildman–Crippen LogP) is 3.95. The molecule has 0 amide bonds. The van der Waals surface area contributed by atoms with Crippen LogP contribution in [-0.4, -0.2) is 16.1 Å². The fraction of sp³-hybridized carbons (Fsp3) is 0.286. The van der Waals surface area contributed by atoms with Crippen LogP contribution in [0.25, 0.3) is 0 Å². The van der Waals surface area contributed by atoms with Gasteiger partial charge in [-0.15, -0.1) is 0 Å². The third-order valence-corrected chi connectivity index (χ3v) is 2.54. The lowest BCUT2D eigenvalue weighted by atomic mass is 10.1. The molecule has 0 aliphatic heterocycles. The van der Waals surface area contributed by atoms with Crippen molar-refractivity contribution in [2.45, 2.75) is 27.2 Å². The van der Waals surface area contributed by atoms with Crippen LogP contribution in [-0.2, 0) is 6.42 Å². The van der Waals surface area contributed by atoms with Crippen molar-refractivity contribution < 1.29 is 14.3 Å². The molecule has 5 heteroatoms. The van der Waals surface area contributed by atoms with Gasteiger partial charge in [0.1, 0.15) is 0 Å². The van der Waals surface area contributed by atoms with Gasteiger partial charge in [-0.2, -0.15) is 0 Å². The number of hydrogen-bond acceptors (Lipinski definition) is 3. The van der Waals surface area contributed by atoms with Gasteiger partial charge >= 0.3 is 5.97 Å². The number of nitrogens with zero attached hydrogens (tertiary/aromatic N) is 1. The molecule has 0 saturated carbocycles. The minimum absolute atomic E-state index is 0.0996. The van der Waals surface area contributed by atoms with Crippen LogP contribution in [0.1, 0.15) is 41.6 Å². The molecule has 0 spiro atoms. The largest absolute Gasteiger partial charge is 0.475 e. The molecular formula is C14H16ClNO3. The summed E-state index contributed by atoms with van der Waals surface area (Å²) in [7, 11) is 0. The highest BCUT2D eigenvalue weighted by atomic mass is 35.5. The van der Waals surface area contributed by atoms with Gasteiger partial charge < -0.3 is 9.52 Å². The second-order valence-electron chi connectivity index (χ2n) is 3.62. The van der Waals surface area contributed by atoms with Gasteiger partial charge in [-0.3, -0.25) is 0 Å². The SMILES string of the molecule is CC.Cc1nc(Cc2ccc(Cl)cc2)c(C(=O)O)o1. The van der Waals surface area contributed by atoms with Gasteiger partial charge in [0.25, 0.3) is 0 Å². The fourth-order valence-corrected chi connectivity index (χ4v) is 1.68. The molecule has 2 rings (SSSR count).